The second-order valence-corrected chi connectivity index (χ2v) is 7.68. The van der Waals surface area contributed by atoms with Gasteiger partial charge in [0.25, 0.3) is 11.8 Å². The van der Waals surface area contributed by atoms with E-state index in [4.69, 9.17) is 23.1 Å². The minimum atomic E-state index is -0.562. The number of rotatable bonds is 8. The van der Waals surface area contributed by atoms with Crippen molar-refractivity contribution in [2.24, 2.45) is 0 Å². The molecule has 0 fully saturated rings. The summed E-state index contributed by atoms with van der Waals surface area (Å²) in [5.41, 5.74) is 13.0. The van der Waals surface area contributed by atoms with Gasteiger partial charge in [0.05, 0.1) is 17.6 Å². The molecule has 0 saturated heterocycles. The Bertz CT molecular complexity index is 1160. The first-order valence-corrected chi connectivity index (χ1v) is 10.4. The van der Waals surface area contributed by atoms with Gasteiger partial charge in [-0.15, -0.1) is 0 Å². The van der Waals surface area contributed by atoms with Crippen molar-refractivity contribution < 1.29 is 9.59 Å². The van der Waals surface area contributed by atoms with Crippen LogP contribution in [0.25, 0.3) is 11.0 Å². The van der Waals surface area contributed by atoms with Crippen molar-refractivity contribution in [2.45, 2.75) is 20.0 Å². The van der Waals surface area contributed by atoms with Crippen LogP contribution in [0.4, 0.5) is 11.6 Å². The number of hydrogen-bond donors (Lipinski definition) is 4. The second-order valence-electron chi connectivity index (χ2n) is 7.32. The molecule has 0 unspecified atom stereocenters. The van der Waals surface area contributed by atoms with Crippen molar-refractivity contribution in [3.8, 4) is 0 Å². The van der Waals surface area contributed by atoms with Crippen LogP contribution < -0.4 is 22.1 Å². The number of imidazole rings is 1. The van der Waals surface area contributed by atoms with Gasteiger partial charge >= 0.3 is 0 Å². The summed E-state index contributed by atoms with van der Waals surface area (Å²) < 4.78 is 1.93. The number of nitrogen functional groups attached to an aromatic ring is 2. The summed E-state index contributed by atoms with van der Waals surface area (Å²) in [4.78, 5) is 39.6. The molecule has 0 bridgehead atoms. The summed E-state index contributed by atoms with van der Waals surface area (Å²) in [6, 6.07) is 5.43. The van der Waals surface area contributed by atoms with Gasteiger partial charge < -0.3 is 31.6 Å². The number of fused-ring (bicyclic) bond motifs is 1. The van der Waals surface area contributed by atoms with Crippen LogP contribution in [-0.2, 0) is 13.1 Å². The summed E-state index contributed by atoms with van der Waals surface area (Å²) in [6.07, 6.45) is 0. The molecule has 0 aliphatic heterocycles. The quantitative estimate of drug-likeness (QED) is 0.386. The molecule has 3 aromatic rings. The van der Waals surface area contributed by atoms with Gasteiger partial charge in [-0.3, -0.25) is 9.59 Å². The van der Waals surface area contributed by atoms with Gasteiger partial charge in [-0.2, -0.15) is 0 Å². The van der Waals surface area contributed by atoms with E-state index < -0.39 is 5.91 Å². The van der Waals surface area contributed by atoms with Gasteiger partial charge in [-0.1, -0.05) is 17.7 Å². The topological polar surface area (TPSA) is 157 Å². The van der Waals surface area contributed by atoms with Crippen molar-refractivity contribution in [1.29, 1.82) is 0 Å². The summed E-state index contributed by atoms with van der Waals surface area (Å²) in [5.74, 6) is -0.353. The molecule has 12 heteroatoms. The lowest BCUT2D eigenvalue weighted by Crippen LogP contribution is -2.31. The maximum absolute atomic E-state index is 12.7. The zero-order valence-corrected chi connectivity index (χ0v) is 18.9. The standard InChI is InChI=1S/C20H26ClN9O2/c1-4-30-12-7-5-6-11(19(31)24-8-9-29(2)3)14(12)26-13(30)10-25-20(32)15-17(22)28-18(23)16(21)27-15/h5-7H,4,8-10H2,1-3H3,(H,24,31)(H,25,32)(H4,22,23,28). The van der Waals surface area contributed by atoms with Crippen LogP contribution >= 0.6 is 11.6 Å². The number of carbonyl (C=O) groups is 2. The highest BCUT2D eigenvalue weighted by molar-refractivity contribution is 6.31. The third kappa shape index (κ3) is 4.89. The van der Waals surface area contributed by atoms with Gasteiger partial charge in [0, 0.05) is 19.6 Å². The molecule has 0 aliphatic carbocycles. The normalized spacial score (nSPS) is 11.2. The van der Waals surface area contributed by atoms with E-state index in [0.29, 0.717) is 30.0 Å². The number of benzene rings is 1. The lowest BCUT2D eigenvalue weighted by atomic mass is 10.1. The Morgan fingerprint density at radius 1 is 1.09 bits per heavy atom. The third-order valence-electron chi connectivity index (χ3n) is 4.79. The highest BCUT2D eigenvalue weighted by Crippen LogP contribution is 2.21. The van der Waals surface area contributed by atoms with E-state index in [1.54, 1.807) is 6.07 Å². The molecule has 0 spiro atoms. The van der Waals surface area contributed by atoms with Crippen LogP contribution in [0.3, 0.4) is 0 Å². The summed E-state index contributed by atoms with van der Waals surface area (Å²) in [5, 5.41) is 5.53. The number of carbonyl (C=O) groups excluding carboxylic acids is 2. The van der Waals surface area contributed by atoms with Crippen molar-refractivity contribution in [3.05, 3.63) is 40.4 Å². The average molecular weight is 460 g/mol. The Morgan fingerprint density at radius 2 is 1.84 bits per heavy atom. The summed E-state index contributed by atoms with van der Waals surface area (Å²) in [6.45, 7) is 3.89. The van der Waals surface area contributed by atoms with E-state index >= 15 is 0 Å². The Morgan fingerprint density at radius 3 is 2.53 bits per heavy atom. The number of halogens is 1. The molecule has 0 aliphatic rings. The predicted octanol–water partition coefficient (Wildman–Crippen LogP) is 0.885. The van der Waals surface area contributed by atoms with Crippen LogP contribution in [0.1, 0.15) is 33.6 Å². The van der Waals surface area contributed by atoms with E-state index in [9.17, 15) is 9.59 Å². The summed E-state index contributed by atoms with van der Waals surface area (Å²) in [7, 11) is 3.88. The van der Waals surface area contributed by atoms with Gasteiger partial charge in [0.15, 0.2) is 22.5 Å². The number of hydrogen-bond acceptors (Lipinski definition) is 8. The largest absolute Gasteiger partial charge is 0.382 e. The van der Waals surface area contributed by atoms with E-state index in [-0.39, 0.29) is 34.9 Å². The molecule has 0 radical (unpaired) electrons. The fourth-order valence-corrected chi connectivity index (χ4v) is 3.33. The molecule has 2 heterocycles. The minimum Gasteiger partial charge on any atom is -0.382 e. The summed E-state index contributed by atoms with van der Waals surface area (Å²) >= 11 is 5.86. The second kappa shape index (κ2) is 9.79. The fourth-order valence-electron chi connectivity index (χ4n) is 3.21. The molecule has 2 aromatic heterocycles. The fraction of sp³-hybridized carbons (Fsp3) is 0.350. The van der Waals surface area contributed by atoms with Crippen LogP contribution in [0.5, 0.6) is 0 Å². The molecule has 32 heavy (non-hydrogen) atoms. The average Bonchev–Trinajstić information content (AvgIpc) is 3.11. The Kier molecular flexibility index (Phi) is 7.11. The maximum atomic E-state index is 12.7. The number of nitrogens with zero attached hydrogens (tertiary/aromatic N) is 5. The van der Waals surface area contributed by atoms with Crippen molar-refractivity contribution in [2.75, 3.05) is 38.7 Å². The smallest absolute Gasteiger partial charge is 0.274 e. The molecule has 11 nitrogen and oxygen atoms in total. The highest BCUT2D eigenvalue weighted by atomic mass is 35.5. The van der Waals surface area contributed by atoms with Crippen LogP contribution in [0, 0.1) is 0 Å². The van der Waals surface area contributed by atoms with Crippen molar-refractivity contribution in [1.82, 2.24) is 35.1 Å². The van der Waals surface area contributed by atoms with Gasteiger partial charge in [-0.05, 0) is 33.2 Å². The van der Waals surface area contributed by atoms with Gasteiger partial charge in [0.2, 0.25) is 0 Å². The van der Waals surface area contributed by atoms with E-state index in [2.05, 4.69) is 25.6 Å². The number of nitrogens with two attached hydrogens (primary N) is 2. The zero-order valence-electron chi connectivity index (χ0n) is 18.1. The van der Waals surface area contributed by atoms with E-state index in [1.165, 1.54) is 0 Å². The lowest BCUT2D eigenvalue weighted by molar-refractivity contribution is 0.0939. The molecule has 0 saturated carbocycles. The van der Waals surface area contributed by atoms with Gasteiger partial charge in [-0.25, -0.2) is 15.0 Å². The van der Waals surface area contributed by atoms with Crippen LogP contribution in [0.15, 0.2) is 18.2 Å². The number of nitrogens with one attached hydrogen (secondary N) is 2. The molecule has 3 rings (SSSR count). The highest BCUT2D eigenvalue weighted by Gasteiger charge is 2.19. The van der Waals surface area contributed by atoms with Gasteiger partial charge in [0.1, 0.15) is 11.3 Å². The number of aryl methyl sites for hydroxylation is 1. The van der Waals surface area contributed by atoms with Crippen LogP contribution in [-0.4, -0.2) is 63.4 Å². The predicted molar refractivity (Wildman–Crippen MR) is 123 cm³/mol. The molecule has 0 atom stereocenters. The number of anilines is 2. The first-order valence-electron chi connectivity index (χ1n) is 10.0. The van der Waals surface area contributed by atoms with Crippen molar-refractivity contribution >= 4 is 46.1 Å². The maximum Gasteiger partial charge on any atom is 0.274 e. The first kappa shape index (κ1) is 23.2. The monoisotopic (exact) mass is 459 g/mol. The molecule has 6 N–H and O–H groups in total. The molecular weight excluding hydrogens is 434 g/mol. The molecule has 170 valence electrons. The molecule has 1 aromatic carbocycles. The van der Waals surface area contributed by atoms with Crippen LogP contribution in [0.2, 0.25) is 5.15 Å². The number of aromatic nitrogens is 4. The lowest BCUT2D eigenvalue weighted by Gasteiger charge is -2.10. The van der Waals surface area contributed by atoms with Crippen molar-refractivity contribution in [3.63, 3.8) is 0 Å². The van der Waals surface area contributed by atoms with E-state index in [0.717, 1.165) is 12.1 Å². The Balaban J connectivity index is 1.84. The zero-order chi connectivity index (χ0) is 23.4. The first-order chi connectivity index (χ1) is 15.2. The SMILES string of the molecule is CCn1c(CNC(=O)c2nc(Cl)c(N)nc2N)nc2c(C(=O)NCCN(C)C)cccc21. The number of amides is 2. The Hall–Kier alpha value is -3.44. The Labute approximate surface area is 190 Å². The molecule has 2 amide bonds. The minimum absolute atomic E-state index is 0.0510. The number of para-hydroxylation sites is 1. The third-order valence-corrected chi connectivity index (χ3v) is 5.07. The van der Waals surface area contributed by atoms with E-state index in [1.807, 2.05) is 42.6 Å². The molecular formula is C20H26ClN9O2. The number of likely N-dealkylation sites (N-methyl/N-ethyl adjacent to an activating group) is 1.